The van der Waals surface area contributed by atoms with E-state index in [1.807, 2.05) is 6.92 Å². The lowest BCUT2D eigenvalue weighted by Gasteiger charge is -2.28. The molecule has 1 heterocycles. The largest absolute Gasteiger partial charge is 0.388 e. The average molecular weight is 132 g/mol. The maximum Gasteiger partial charge on any atom is 0.181 e. The van der Waals surface area contributed by atoms with Crippen LogP contribution in [0.3, 0.4) is 0 Å². The minimum absolute atomic E-state index is 0.0865. The van der Waals surface area contributed by atoms with Crippen molar-refractivity contribution in [1.82, 2.24) is 0 Å². The highest BCUT2D eigenvalue weighted by Gasteiger charge is 2.24. The van der Waals surface area contributed by atoms with E-state index in [0.29, 0.717) is 6.42 Å². The van der Waals surface area contributed by atoms with Gasteiger partial charge in [-0.1, -0.05) is 0 Å². The van der Waals surface area contributed by atoms with Crippen molar-refractivity contribution in [3.8, 4) is 0 Å². The topological polar surface area (TPSA) is 49.7 Å². The Morgan fingerprint density at radius 1 is 1.33 bits per heavy atom. The number of aliphatic hydroxyl groups excluding tert-OH is 2. The van der Waals surface area contributed by atoms with Crippen molar-refractivity contribution >= 4 is 0 Å². The van der Waals surface area contributed by atoms with E-state index < -0.39 is 12.4 Å². The van der Waals surface area contributed by atoms with Crippen molar-refractivity contribution in [2.24, 2.45) is 0 Å². The number of aliphatic hydroxyl groups is 2. The third-order valence-corrected chi connectivity index (χ3v) is 1.57. The summed E-state index contributed by atoms with van der Waals surface area (Å²) in [6.45, 7) is 1.88. The van der Waals surface area contributed by atoms with Crippen molar-refractivity contribution in [1.29, 1.82) is 0 Å². The third-order valence-electron chi connectivity index (χ3n) is 1.57. The summed E-state index contributed by atoms with van der Waals surface area (Å²) < 4.78 is 4.90. The average Bonchev–Trinajstić information content (AvgIpc) is 1.80. The second-order valence-corrected chi connectivity index (χ2v) is 2.48. The Morgan fingerprint density at radius 2 is 2.00 bits per heavy atom. The molecule has 0 aromatic carbocycles. The Labute approximate surface area is 54.3 Å². The molecule has 3 nitrogen and oxygen atoms in total. The van der Waals surface area contributed by atoms with Crippen LogP contribution < -0.4 is 0 Å². The van der Waals surface area contributed by atoms with Gasteiger partial charge in [0.25, 0.3) is 0 Å². The van der Waals surface area contributed by atoms with Gasteiger partial charge in [0.15, 0.2) is 6.29 Å². The number of ether oxygens (including phenoxy) is 1. The summed E-state index contributed by atoms with van der Waals surface area (Å²) in [4.78, 5) is 0. The SMILES string of the molecule is C[C@@H]1CCC(O)C(O)O1. The van der Waals surface area contributed by atoms with E-state index in [4.69, 9.17) is 14.9 Å². The molecule has 0 aliphatic carbocycles. The maximum atomic E-state index is 8.92. The van der Waals surface area contributed by atoms with Gasteiger partial charge in [0.05, 0.1) is 6.10 Å². The van der Waals surface area contributed by atoms with E-state index in [-0.39, 0.29) is 6.10 Å². The van der Waals surface area contributed by atoms with Crippen LogP contribution in [-0.4, -0.2) is 28.7 Å². The molecule has 1 aliphatic heterocycles. The first-order chi connectivity index (χ1) is 4.20. The summed E-state index contributed by atoms with van der Waals surface area (Å²) in [6.07, 6.45) is -0.0843. The predicted molar refractivity (Wildman–Crippen MR) is 31.8 cm³/mol. The van der Waals surface area contributed by atoms with Crippen LogP contribution in [0, 0.1) is 0 Å². The van der Waals surface area contributed by atoms with Crippen LogP contribution in [0.2, 0.25) is 0 Å². The molecule has 0 radical (unpaired) electrons. The van der Waals surface area contributed by atoms with Gasteiger partial charge >= 0.3 is 0 Å². The third kappa shape index (κ3) is 1.64. The first-order valence-electron chi connectivity index (χ1n) is 3.21. The fraction of sp³-hybridized carbons (Fsp3) is 1.00. The van der Waals surface area contributed by atoms with E-state index in [1.165, 1.54) is 0 Å². The van der Waals surface area contributed by atoms with Crippen molar-refractivity contribution in [3.05, 3.63) is 0 Å². The molecule has 1 saturated heterocycles. The zero-order valence-electron chi connectivity index (χ0n) is 5.45. The predicted octanol–water partition coefficient (Wildman–Crippen LogP) is -0.135. The lowest BCUT2D eigenvalue weighted by atomic mass is 10.1. The summed E-state index contributed by atoms with van der Waals surface area (Å²) in [6, 6.07) is 0. The molecule has 1 rings (SSSR count). The Bertz CT molecular complexity index is 94.3. The van der Waals surface area contributed by atoms with Crippen molar-refractivity contribution < 1.29 is 14.9 Å². The van der Waals surface area contributed by atoms with E-state index in [2.05, 4.69) is 0 Å². The van der Waals surface area contributed by atoms with E-state index in [0.717, 1.165) is 6.42 Å². The van der Waals surface area contributed by atoms with Gasteiger partial charge in [0, 0.05) is 0 Å². The smallest absolute Gasteiger partial charge is 0.181 e. The zero-order chi connectivity index (χ0) is 6.85. The molecule has 9 heavy (non-hydrogen) atoms. The fourth-order valence-electron chi connectivity index (χ4n) is 0.945. The van der Waals surface area contributed by atoms with Crippen LogP contribution in [0.4, 0.5) is 0 Å². The van der Waals surface area contributed by atoms with Crippen LogP contribution in [0.25, 0.3) is 0 Å². The van der Waals surface area contributed by atoms with Crippen molar-refractivity contribution in [3.63, 3.8) is 0 Å². The first-order valence-corrected chi connectivity index (χ1v) is 3.21. The molecule has 2 unspecified atom stereocenters. The number of rotatable bonds is 0. The van der Waals surface area contributed by atoms with Gasteiger partial charge in [-0.25, -0.2) is 0 Å². The van der Waals surface area contributed by atoms with Gasteiger partial charge in [-0.2, -0.15) is 0 Å². The molecule has 0 spiro atoms. The van der Waals surface area contributed by atoms with Gasteiger partial charge in [-0.15, -0.1) is 0 Å². The minimum atomic E-state index is -0.964. The lowest BCUT2D eigenvalue weighted by Crippen LogP contribution is -2.37. The van der Waals surface area contributed by atoms with Gasteiger partial charge in [0.2, 0.25) is 0 Å². The summed E-state index contributed by atoms with van der Waals surface area (Å²) in [5.74, 6) is 0. The molecule has 0 aromatic heterocycles. The second kappa shape index (κ2) is 2.64. The van der Waals surface area contributed by atoms with Gasteiger partial charge < -0.3 is 14.9 Å². The Hall–Kier alpha value is -0.120. The Kier molecular flexibility index (Phi) is 2.05. The first kappa shape index (κ1) is 6.99. The number of hydrogen-bond acceptors (Lipinski definition) is 3. The molecule has 0 aromatic rings. The van der Waals surface area contributed by atoms with E-state index in [1.54, 1.807) is 0 Å². The normalized spacial score (nSPS) is 45.0. The molecule has 1 aliphatic rings. The molecule has 3 atom stereocenters. The highest BCUT2D eigenvalue weighted by Crippen LogP contribution is 2.16. The highest BCUT2D eigenvalue weighted by atomic mass is 16.6. The molecular weight excluding hydrogens is 120 g/mol. The maximum absolute atomic E-state index is 8.92. The van der Waals surface area contributed by atoms with Gasteiger partial charge in [-0.3, -0.25) is 0 Å². The zero-order valence-corrected chi connectivity index (χ0v) is 5.45. The van der Waals surface area contributed by atoms with Crippen LogP contribution in [0.1, 0.15) is 19.8 Å². The quantitative estimate of drug-likeness (QED) is 0.482. The van der Waals surface area contributed by atoms with Crippen LogP contribution >= 0.6 is 0 Å². The standard InChI is InChI=1S/C6H12O3/c1-4-2-3-5(7)6(8)9-4/h4-8H,2-3H2,1H3/t4-,5?,6?/m1/s1. The monoisotopic (exact) mass is 132 g/mol. The molecule has 0 bridgehead atoms. The second-order valence-electron chi connectivity index (χ2n) is 2.48. The summed E-state index contributed by atoms with van der Waals surface area (Å²) in [5.41, 5.74) is 0. The molecule has 3 heteroatoms. The van der Waals surface area contributed by atoms with Gasteiger partial charge in [0.1, 0.15) is 6.10 Å². The number of hydrogen-bond donors (Lipinski definition) is 2. The van der Waals surface area contributed by atoms with E-state index >= 15 is 0 Å². The summed E-state index contributed by atoms with van der Waals surface area (Å²) >= 11 is 0. The molecule has 0 amide bonds. The summed E-state index contributed by atoms with van der Waals surface area (Å²) in [5, 5.41) is 17.8. The van der Waals surface area contributed by atoms with Crippen molar-refractivity contribution in [2.75, 3.05) is 0 Å². The Balaban J connectivity index is 2.35. The van der Waals surface area contributed by atoms with Crippen LogP contribution in [0.15, 0.2) is 0 Å². The minimum Gasteiger partial charge on any atom is -0.388 e. The van der Waals surface area contributed by atoms with Crippen LogP contribution in [-0.2, 0) is 4.74 Å². The highest BCUT2D eigenvalue weighted by molar-refractivity contribution is 4.68. The van der Waals surface area contributed by atoms with E-state index in [9.17, 15) is 0 Å². The lowest BCUT2D eigenvalue weighted by molar-refractivity contribution is -0.210. The van der Waals surface area contributed by atoms with Crippen molar-refractivity contribution in [2.45, 2.75) is 38.3 Å². The molecule has 0 saturated carbocycles. The molecule has 54 valence electrons. The molecular formula is C6H12O3. The van der Waals surface area contributed by atoms with Crippen LogP contribution in [0.5, 0.6) is 0 Å². The Morgan fingerprint density at radius 3 is 2.44 bits per heavy atom. The van der Waals surface area contributed by atoms with Gasteiger partial charge in [-0.05, 0) is 19.8 Å². The molecule has 1 fully saturated rings. The fourth-order valence-corrected chi connectivity index (χ4v) is 0.945. The summed E-state index contributed by atoms with van der Waals surface area (Å²) in [7, 11) is 0. The molecule has 2 N–H and O–H groups in total.